The van der Waals surface area contributed by atoms with Crippen LogP contribution in [0.4, 0.5) is 0 Å². The first-order chi connectivity index (χ1) is 12.6. The van der Waals surface area contributed by atoms with Gasteiger partial charge in [-0.2, -0.15) is 0 Å². The lowest BCUT2D eigenvalue weighted by Gasteiger charge is -2.34. The molecule has 1 aromatic carbocycles. The Hall–Kier alpha value is -2.21. The third-order valence-corrected chi connectivity index (χ3v) is 5.16. The van der Waals surface area contributed by atoms with Crippen LogP contribution in [0.1, 0.15) is 38.2 Å². The SMILES string of the molecule is CCCN(C(=O)CCn1cnc2c(C)cccc2c1=O)C1CCNCC1. The van der Waals surface area contributed by atoms with E-state index in [1.165, 1.54) is 0 Å². The fourth-order valence-corrected chi connectivity index (χ4v) is 3.73. The van der Waals surface area contributed by atoms with Crippen LogP contribution in [-0.4, -0.2) is 46.0 Å². The second-order valence-corrected chi connectivity index (χ2v) is 7.03. The van der Waals surface area contributed by atoms with Crippen LogP contribution in [0.25, 0.3) is 10.9 Å². The zero-order chi connectivity index (χ0) is 18.5. The molecular weight excluding hydrogens is 328 g/mol. The van der Waals surface area contributed by atoms with Crippen molar-refractivity contribution >= 4 is 16.8 Å². The number of hydrogen-bond acceptors (Lipinski definition) is 4. The van der Waals surface area contributed by atoms with Crippen molar-refractivity contribution in [3.63, 3.8) is 0 Å². The molecule has 1 aliphatic rings. The Kier molecular flexibility index (Phi) is 6.04. The van der Waals surface area contributed by atoms with E-state index in [4.69, 9.17) is 0 Å². The third-order valence-electron chi connectivity index (χ3n) is 5.16. The number of aromatic nitrogens is 2. The molecule has 0 atom stereocenters. The molecule has 26 heavy (non-hydrogen) atoms. The molecule has 2 heterocycles. The number of piperidine rings is 1. The van der Waals surface area contributed by atoms with Gasteiger partial charge < -0.3 is 10.2 Å². The number of nitrogens with zero attached hydrogens (tertiary/aromatic N) is 3. The van der Waals surface area contributed by atoms with Crippen molar-refractivity contribution in [3.8, 4) is 0 Å². The number of nitrogens with one attached hydrogen (secondary N) is 1. The molecule has 0 unspecified atom stereocenters. The van der Waals surface area contributed by atoms with E-state index in [2.05, 4.69) is 17.2 Å². The van der Waals surface area contributed by atoms with Gasteiger partial charge in [0.05, 0.1) is 17.2 Å². The minimum Gasteiger partial charge on any atom is -0.340 e. The molecule has 140 valence electrons. The predicted octanol–water partition coefficient (Wildman–Crippen LogP) is 2.09. The molecule has 3 rings (SSSR count). The standard InChI is InChI=1S/C20H28N4O2/c1-3-12-24(16-7-10-21-11-8-16)18(25)9-13-23-14-22-19-15(2)5-4-6-17(19)20(23)26/h4-6,14,16,21H,3,7-13H2,1-2H3. The second-order valence-electron chi connectivity index (χ2n) is 7.03. The summed E-state index contributed by atoms with van der Waals surface area (Å²) >= 11 is 0. The quantitative estimate of drug-likeness (QED) is 0.861. The molecule has 2 aromatic rings. The fraction of sp³-hybridized carbons (Fsp3) is 0.550. The van der Waals surface area contributed by atoms with Gasteiger partial charge in [0.1, 0.15) is 0 Å². The van der Waals surface area contributed by atoms with Crippen LogP contribution in [0.15, 0.2) is 29.3 Å². The van der Waals surface area contributed by atoms with Gasteiger partial charge in [0.15, 0.2) is 0 Å². The molecule has 6 nitrogen and oxygen atoms in total. The van der Waals surface area contributed by atoms with Crippen LogP contribution in [0.5, 0.6) is 0 Å². The van der Waals surface area contributed by atoms with E-state index in [1.54, 1.807) is 17.0 Å². The first kappa shape index (κ1) is 18.6. The minimum atomic E-state index is -0.0737. The van der Waals surface area contributed by atoms with Crippen molar-refractivity contribution in [2.45, 2.75) is 52.1 Å². The average Bonchev–Trinajstić information content (AvgIpc) is 2.66. The van der Waals surface area contributed by atoms with Crippen molar-refractivity contribution in [1.29, 1.82) is 0 Å². The molecule has 0 spiro atoms. The Morgan fingerprint density at radius 2 is 2.12 bits per heavy atom. The van der Waals surface area contributed by atoms with Gasteiger partial charge in [-0.3, -0.25) is 14.2 Å². The van der Waals surface area contributed by atoms with Gasteiger partial charge in [-0.05, 0) is 50.9 Å². The molecule has 1 saturated heterocycles. The topological polar surface area (TPSA) is 67.2 Å². The molecule has 0 aliphatic carbocycles. The van der Waals surface area contributed by atoms with Crippen molar-refractivity contribution < 1.29 is 4.79 Å². The Bertz CT molecular complexity index is 824. The maximum atomic E-state index is 12.8. The van der Waals surface area contributed by atoms with Gasteiger partial charge in [-0.25, -0.2) is 4.98 Å². The molecule has 1 amide bonds. The molecule has 6 heteroatoms. The van der Waals surface area contributed by atoms with E-state index >= 15 is 0 Å². The van der Waals surface area contributed by atoms with Crippen molar-refractivity contribution in [1.82, 2.24) is 19.8 Å². The number of amides is 1. The zero-order valence-corrected chi connectivity index (χ0v) is 15.7. The zero-order valence-electron chi connectivity index (χ0n) is 15.7. The summed E-state index contributed by atoms with van der Waals surface area (Å²) in [6, 6.07) is 5.94. The van der Waals surface area contributed by atoms with Gasteiger partial charge in [-0.15, -0.1) is 0 Å². The summed E-state index contributed by atoms with van der Waals surface area (Å²) in [4.78, 5) is 31.9. The molecule has 1 fully saturated rings. The molecular formula is C20H28N4O2. The second kappa shape index (κ2) is 8.45. The van der Waals surface area contributed by atoms with Crippen molar-refractivity contribution in [3.05, 3.63) is 40.4 Å². The highest BCUT2D eigenvalue weighted by molar-refractivity contribution is 5.80. The predicted molar refractivity (Wildman–Crippen MR) is 103 cm³/mol. The number of rotatable bonds is 6. The Morgan fingerprint density at radius 3 is 2.85 bits per heavy atom. The van der Waals surface area contributed by atoms with E-state index in [-0.39, 0.29) is 11.5 Å². The average molecular weight is 356 g/mol. The monoisotopic (exact) mass is 356 g/mol. The molecule has 0 radical (unpaired) electrons. The summed E-state index contributed by atoms with van der Waals surface area (Å²) in [5.41, 5.74) is 1.65. The maximum absolute atomic E-state index is 12.8. The molecule has 0 bridgehead atoms. The third kappa shape index (κ3) is 3.96. The van der Waals surface area contributed by atoms with Crippen LogP contribution in [0, 0.1) is 6.92 Å². The first-order valence-corrected chi connectivity index (χ1v) is 9.56. The van der Waals surface area contributed by atoms with E-state index in [0.29, 0.717) is 24.4 Å². The number of carbonyl (C=O) groups is 1. The summed E-state index contributed by atoms with van der Waals surface area (Å²) in [7, 11) is 0. The summed E-state index contributed by atoms with van der Waals surface area (Å²) in [6.07, 6.45) is 4.86. The van der Waals surface area contributed by atoms with Gasteiger partial charge in [0, 0.05) is 25.6 Å². The number of benzene rings is 1. The Balaban J connectivity index is 1.72. The van der Waals surface area contributed by atoms with Crippen LogP contribution in [-0.2, 0) is 11.3 Å². The number of aryl methyl sites for hydroxylation is 2. The number of para-hydroxylation sites is 1. The number of carbonyl (C=O) groups excluding carboxylic acids is 1. The Morgan fingerprint density at radius 1 is 1.35 bits per heavy atom. The lowest BCUT2D eigenvalue weighted by Crippen LogP contribution is -2.46. The highest BCUT2D eigenvalue weighted by Gasteiger charge is 2.24. The van der Waals surface area contributed by atoms with E-state index in [9.17, 15) is 9.59 Å². The highest BCUT2D eigenvalue weighted by Crippen LogP contribution is 2.15. The molecule has 1 aliphatic heterocycles. The summed E-state index contributed by atoms with van der Waals surface area (Å²) in [6.45, 7) is 7.14. The Labute approximate surface area is 154 Å². The van der Waals surface area contributed by atoms with Gasteiger partial charge in [0.25, 0.3) is 5.56 Å². The van der Waals surface area contributed by atoms with Crippen LogP contribution < -0.4 is 10.9 Å². The molecule has 0 saturated carbocycles. The number of hydrogen-bond donors (Lipinski definition) is 1. The normalized spacial score (nSPS) is 15.3. The highest BCUT2D eigenvalue weighted by atomic mass is 16.2. The first-order valence-electron chi connectivity index (χ1n) is 9.56. The molecule has 1 N–H and O–H groups in total. The van der Waals surface area contributed by atoms with E-state index in [0.717, 1.165) is 50.0 Å². The molecule has 1 aromatic heterocycles. The smallest absolute Gasteiger partial charge is 0.261 e. The van der Waals surface area contributed by atoms with Gasteiger partial charge in [-0.1, -0.05) is 19.1 Å². The van der Waals surface area contributed by atoms with Crippen molar-refractivity contribution in [2.24, 2.45) is 0 Å². The summed E-state index contributed by atoms with van der Waals surface area (Å²) < 4.78 is 1.56. The van der Waals surface area contributed by atoms with Crippen LogP contribution in [0.2, 0.25) is 0 Å². The summed E-state index contributed by atoms with van der Waals surface area (Å²) in [5.74, 6) is 0.134. The van der Waals surface area contributed by atoms with E-state index < -0.39 is 0 Å². The lowest BCUT2D eigenvalue weighted by molar-refractivity contribution is -0.134. The maximum Gasteiger partial charge on any atom is 0.261 e. The largest absolute Gasteiger partial charge is 0.340 e. The minimum absolute atomic E-state index is 0.0737. The van der Waals surface area contributed by atoms with Gasteiger partial charge in [0.2, 0.25) is 5.91 Å². The number of fused-ring (bicyclic) bond motifs is 1. The van der Waals surface area contributed by atoms with E-state index in [1.807, 2.05) is 24.0 Å². The van der Waals surface area contributed by atoms with Crippen molar-refractivity contribution in [2.75, 3.05) is 19.6 Å². The lowest BCUT2D eigenvalue weighted by atomic mass is 10.0. The fourth-order valence-electron chi connectivity index (χ4n) is 3.73. The summed E-state index contributed by atoms with van der Waals surface area (Å²) in [5, 5.41) is 3.96. The van der Waals surface area contributed by atoms with Crippen LogP contribution >= 0.6 is 0 Å². The van der Waals surface area contributed by atoms with Crippen LogP contribution in [0.3, 0.4) is 0 Å². The van der Waals surface area contributed by atoms with Gasteiger partial charge >= 0.3 is 0 Å².